The number of carbonyl (C=O) groups excluding carboxylic acids is 1. The highest BCUT2D eigenvalue weighted by Crippen LogP contribution is 2.35. The van der Waals surface area contributed by atoms with Crippen LogP contribution in [0.15, 0.2) is 48.9 Å². The number of hydrogen-bond donors (Lipinski definition) is 2. The molecule has 4 aromatic rings. The molecule has 0 aliphatic rings. The molecule has 0 fully saturated rings. The van der Waals surface area contributed by atoms with Crippen LogP contribution in [0.5, 0.6) is 11.5 Å². The highest BCUT2D eigenvalue weighted by atomic mass is 16.5. The number of rotatable bonds is 11. The number of aromatic nitrogens is 5. The second-order valence-electron chi connectivity index (χ2n) is 9.14. The van der Waals surface area contributed by atoms with Gasteiger partial charge in [-0.2, -0.15) is 0 Å². The summed E-state index contributed by atoms with van der Waals surface area (Å²) >= 11 is 0. The van der Waals surface area contributed by atoms with Crippen molar-refractivity contribution >= 4 is 34.0 Å². The van der Waals surface area contributed by atoms with Crippen molar-refractivity contribution < 1.29 is 14.3 Å². The van der Waals surface area contributed by atoms with Gasteiger partial charge in [0.2, 0.25) is 5.91 Å². The van der Waals surface area contributed by atoms with Crippen molar-refractivity contribution in [1.82, 2.24) is 29.9 Å². The monoisotopic (exact) mass is 504 g/mol. The molecule has 4 rings (SSSR count). The number of hydrogen-bond acceptors (Lipinski definition) is 9. The van der Waals surface area contributed by atoms with Gasteiger partial charge in [-0.3, -0.25) is 4.79 Å². The van der Waals surface area contributed by atoms with E-state index in [0.717, 1.165) is 23.3 Å². The van der Waals surface area contributed by atoms with Gasteiger partial charge in [-0.25, -0.2) is 14.6 Å². The molecule has 0 saturated carbocycles. The Kier molecular flexibility index (Phi) is 8.14. The molecule has 194 valence electrons. The molecule has 0 aliphatic carbocycles. The molecule has 1 amide bonds. The number of methoxy groups -OCH3 is 1. The Morgan fingerprint density at radius 2 is 1.86 bits per heavy atom. The second-order valence-corrected chi connectivity index (χ2v) is 9.14. The lowest BCUT2D eigenvalue weighted by atomic mass is 10.2. The molecular weight excluding hydrogens is 472 g/mol. The molecular formula is C26H32N8O3. The number of likely N-dealkylation sites (N-methyl/N-ethyl adjacent to an activating group) is 1. The van der Waals surface area contributed by atoms with Crippen LogP contribution in [0, 0.1) is 0 Å². The normalized spacial score (nSPS) is 11.2. The maximum Gasteiger partial charge on any atom is 0.246 e. The molecule has 37 heavy (non-hydrogen) atoms. The summed E-state index contributed by atoms with van der Waals surface area (Å²) in [5.41, 5.74) is 3.02. The Balaban J connectivity index is 1.44. The van der Waals surface area contributed by atoms with Crippen molar-refractivity contribution in [2.45, 2.75) is 26.3 Å². The van der Waals surface area contributed by atoms with E-state index in [9.17, 15) is 4.79 Å². The Morgan fingerprint density at radius 3 is 2.54 bits per heavy atom. The van der Waals surface area contributed by atoms with Crippen LogP contribution in [0.1, 0.15) is 25.5 Å². The van der Waals surface area contributed by atoms with Gasteiger partial charge in [0, 0.05) is 36.2 Å². The van der Waals surface area contributed by atoms with Crippen molar-refractivity contribution in [1.29, 1.82) is 0 Å². The summed E-state index contributed by atoms with van der Waals surface area (Å²) in [5, 5.41) is 15.0. The Morgan fingerprint density at radius 1 is 1.11 bits per heavy atom. The molecule has 2 aromatic heterocycles. The van der Waals surface area contributed by atoms with E-state index in [0.29, 0.717) is 35.1 Å². The maximum absolute atomic E-state index is 12.4. The van der Waals surface area contributed by atoms with Gasteiger partial charge in [-0.15, -0.1) is 5.10 Å². The molecule has 0 radical (unpaired) electrons. The number of fused-ring (bicyclic) bond motifs is 1. The lowest BCUT2D eigenvalue weighted by Crippen LogP contribution is -2.19. The number of nitrogens with zero attached hydrogens (tertiary/aromatic N) is 6. The van der Waals surface area contributed by atoms with Gasteiger partial charge in [0.25, 0.3) is 0 Å². The number of amides is 1. The predicted octanol–water partition coefficient (Wildman–Crippen LogP) is 3.68. The van der Waals surface area contributed by atoms with Crippen LogP contribution in [-0.4, -0.2) is 70.1 Å². The molecule has 0 unspecified atom stereocenters. The van der Waals surface area contributed by atoms with Crippen molar-refractivity contribution in [2.24, 2.45) is 0 Å². The predicted molar refractivity (Wildman–Crippen MR) is 143 cm³/mol. The quantitative estimate of drug-likeness (QED) is 0.315. The van der Waals surface area contributed by atoms with Gasteiger partial charge in [-0.1, -0.05) is 19.1 Å². The topological polar surface area (TPSA) is 119 Å². The van der Waals surface area contributed by atoms with Gasteiger partial charge >= 0.3 is 0 Å². The maximum atomic E-state index is 12.4. The summed E-state index contributed by atoms with van der Waals surface area (Å²) in [6.45, 7) is 5.51. The van der Waals surface area contributed by atoms with Crippen molar-refractivity contribution in [2.75, 3.05) is 45.0 Å². The van der Waals surface area contributed by atoms with E-state index in [2.05, 4.69) is 35.8 Å². The lowest BCUT2D eigenvalue weighted by molar-refractivity contribution is -0.116. The number of anilines is 3. The van der Waals surface area contributed by atoms with Gasteiger partial charge in [0.15, 0.2) is 0 Å². The third-order valence-corrected chi connectivity index (χ3v) is 5.59. The van der Waals surface area contributed by atoms with E-state index in [4.69, 9.17) is 9.47 Å². The van der Waals surface area contributed by atoms with Crippen LogP contribution in [0.25, 0.3) is 10.9 Å². The molecule has 0 bridgehead atoms. The third-order valence-electron chi connectivity index (χ3n) is 5.59. The molecule has 0 aliphatic heterocycles. The zero-order chi connectivity index (χ0) is 26.4. The van der Waals surface area contributed by atoms with Crippen LogP contribution < -0.4 is 20.1 Å². The van der Waals surface area contributed by atoms with Gasteiger partial charge < -0.3 is 25.0 Å². The Bertz CT molecular complexity index is 1350. The van der Waals surface area contributed by atoms with Crippen molar-refractivity contribution in [3.63, 3.8) is 0 Å². The van der Waals surface area contributed by atoms with E-state index in [1.807, 2.05) is 64.3 Å². The van der Waals surface area contributed by atoms with Gasteiger partial charge in [0.05, 0.1) is 23.7 Å². The van der Waals surface area contributed by atoms with E-state index in [-0.39, 0.29) is 18.4 Å². The highest BCUT2D eigenvalue weighted by molar-refractivity contribution is 5.97. The molecule has 0 spiro atoms. The van der Waals surface area contributed by atoms with Crippen LogP contribution >= 0.6 is 0 Å². The number of nitrogens with one attached hydrogen (secondary N) is 2. The smallest absolute Gasteiger partial charge is 0.246 e. The fraction of sp³-hybridized carbons (Fsp3) is 0.346. The number of benzene rings is 2. The molecule has 2 heterocycles. The minimum Gasteiger partial charge on any atom is -0.496 e. The first-order valence-electron chi connectivity index (χ1n) is 12.0. The first kappa shape index (κ1) is 25.8. The fourth-order valence-corrected chi connectivity index (χ4v) is 3.59. The average molecular weight is 505 g/mol. The van der Waals surface area contributed by atoms with Crippen LogP contribution in [0.3, 0.4) is 0 Å². The SMILES string of the molecule is COc1cc(OCCN(C)C)cc2ncnc(Nc3ccc(NC(=O)Cn4cc(C(C)C)nn4)cc3)c12. The van der Waals surface area contributed by atoms with Gasteiger partial charge in [-0.05, 0) is 44.3 Å². The number of ether oxygens (including phenoxy) is 2. The summed E-state index contributed by atoms with van der Waals surface area (Å²) in [7, 11) is 5.60. The van der Waals surface area contributed by atoms with Crippen LogP contribution in [-0.2, 0) is 11.3 Å². The fourth-order valence-electron chi connectivity index (χ4n) is 3.59. The standard InChI is InChI=1S/C26H32N8O3/c1-17(2)22-14-34(32-31-22)15-24(35)29-18-6-8-19(9-7-18)30-26-25-21(27-16-28-26)12-20(13-23(25)36-5)37-11-10-33(3)4/h6-9,12-14,16-17H,10-11,15H2,1-5H3,(H,29,35)(H,27,28,30). The molecule has 2 aromatic carbocycles. The first-order chi connectivity index (χ1) is 17.8. The summed E-state index contributed by atoms with van der Waals surface area (Å²) in [6.07, 6.45) is 3.29. The van der Waals surface area contributed by atoms with E-state index in [1.54, 1.807) is 13.3 Å². The summed E-state index contributed by atoms with van der Waals surface area (Å²) < 4.78 is 13.0. The van der Waals surface area contributed by atoms with Crippen LogP contribution in [0.4, 0.5) is 17.2 Å². The van der Waals surface area contributed by atoms with E-state index in [1.165, 1.54) is 11.0 Å². The zero-order valence-corrected chi connectivity index (χ0v) is 21.7. The minimum absolute atomic E-state index is 0.0906. The Labute approximate surface area is 215 Å². The summed E-state index contributed by atoms with van der Waals surface area (Å²) in [5.74, 6) is 1.97. The largest absolute Gasteiger partial charge is 0.496 e. The van der Waals surface area contributed by atoms with Crippen molar-refractivity contribution in [3.05, 3.63) is 54.6 Å². The molecule has 2 N–H and O–H groups in total. The molecule has 11 nitrogen and oxygen atoms in total. The molecule has 0 atom stereocenters. The zero-order valence-electron chi connectivity index (χ0n) is 21.7. The number of carbonyl (C=O) groups is 1. The van der Waals surface area contributed by atoms with Crippen LogP contribution in [0.2, 0.25) is 0 Å². The summed E-state index contributed by atoms with van der Waals surface area (Å²) in [6, 6.07) is 11.1. The Hall–Kier alpha value is -4.25. The first-order valence-corrected chi connectivity index (χ1v) is 12.0. The van der Waals surface area contributed by atoms with E-state index < -0.39 is 0 Å². The third kappa shape index (κ3) is 6.70. The van der Waals surface area contributed by atoms with E-state index >= 15 is 0 Å². The second kappa shape index (κ2) is 11.7. The lowest BCUT2D eigenvalue weighted by Gasteiger charge is -2.15. The average Bonchev–Trinajstić information content (AvgIpc) is 3.33. The molecule has 11 heteroatoms. The highest BCUT2D eigenvalue weighted by Gasteiger charge is 2.14. The van der Waals surface area contributed by atoms with Gasteiger partial charge in [0.1, 0.15) is 36.8 Å². The molecule has 0 saturated heterocycles. The summed E-state index contributed by atoms with van der Waals surface area (Å²) in [4.78, 5) is 23.3. The van der Waals surface area contributed by atoms with Crippen molar-refractivity contribution in [3.8, 4) is 11.5 Å². The minimum atomic E-state index is -0.184.